The second-order valence-corrected chi connectivity index (χ2v) is 5.74. The number of nitrogens with zero attached hydrogens (tertiary/aromatic N) is 2. The summed E-state index contributed by atoms with van der Waals surface area (Å²) in [6, 6.07) is 5.38. The SMILES string of the molecule is CC#COC(Cl)(Cl)c1ccc(SC)c(-c2nnco2)c1. The van der Waals surface area contributed by atoms with Gasteiger partial charge in [-0.1, -0.05) is 35.2 Å². The largest absolute Gasteiger partial charge is 0.423 e. The highest BCUT2D eigenvalue weighted by atomic mass is 35.5. The van der Waals surface area contributed by atoms with Crippen molar-refractivity contribution in [2.75, 3.05) is 6.26 Å². The molecule has 0 aliphatic rings. The minimum Gasteiger partial charge on any atom is -0.423 e. The Bertz CT molecular complexity index is 648. The van der Waals surface area contributed by atoms with Crippen LogP contribution in [-0.4, -0.2) is 16.5 Å². The fraction of sp³-hybridized carbons (Fsp3) is 0.231. The van der Waals surface area contributed by atoms with Gasteiger partial charge in [0, 0.05) is 17.4 Å². The summed E-state index contributed by atoms with van der Waals surface area (Å²) in [6.45, 7) is 1.63. The number of alkyl halides is 2. The minimum absolute atomic E-state index is 0.391. The minimum atomic E-state index is -1.56. The number of aromatic nitrogens is 2. The zero-order valence-electron chi connectivity index (χ0n) is 10.7. The van der Waals surface area contributed by atoms with Crippen LogP contribution in [0.3, 0.4) is 0 Å². The lowest BCUT2D eigenvalue weighted by Gasteiger charge is -2.18. The molecule has 104 valence electrons. The van der Waals surface area contributed by atoms with E-state index in [1.807, 2.05) is 12.3 Å². The molecule has 0 bridgehead atoms. The fourth-order valence-electron chi connectivity index (χ4n) is 1.52. The van der Waals surface area contributed by atoms with Gasteiger partial charge < -0.3 is 9.15 Å². The van der Waals surface area contributed by atoms with Crippen molar-refractivity contribution in [1.29, 1.82) is 0 Å². The molecule has 0 N–H and O–H groups in total. The molecule has 0 saturated heterocycles. The third-order valence-electron chi connectivity index (χ3n) is 2.41. The summed E-state index contributed by atoms with van der Waals surface area (Å²) < 4.78 is 8.77. The Balaban J connectivity index is 2.46. The molecule has 0 aliphatic heterocycles. The zero-order valence-corrected chi connectivity index (χ0v) is 13.0. The van der Waals surface area contributed by atoms with Crippen molar-refractivity contribution in [1.82, 2.24) is 10.2 Å². The van der Waals surface area contributed by atoms with E-state index in [1.165, 1.54) is 6.39 Å². The number of hydrogen-bond acceptors (Lipinski definition) is 5. The van der Waals surface area contributed by atoms with E-state index in [0.717, 1.165) is 10.5 Å². The van der Waals surface area contributed by atoms with Gasteiger partial charge in [-0.05, 0) is 18.4 Å². The van der Waals surface area contributed by atoms with Gasteiger partial charge in [0.25, 0.3) is 4.52 Å². The molecule has 20 heavy (non-hydrogen) atoms. The molecule has 2 rings (SSSR count). The van der Waals surface area contributed by atoms with E-state index in [0.29, 0.717) is 11.5 Å². The highest BCUT2D eigenvalue weighted by Crippen LogP contribution is 2.39. The first-order valence-electron chi connectivity index (χ1n) is 5.51. The first kappa shape index (κ1) is 15.0. The van der Waals surface area contributed by atoms with Crippen molar-refractivity contribution in [3.8, 4) is 23.5 Å². The molecule has 0 spiro atoms. The van der Waals surface area contributed by atoms with Crippen LogP contribution in [0.15, 0.2) is 33.9 Å². The molecule has 4 nitrogen and oxygen atoms in total. The number of hydrogen-bond donors (Lipinski definition) is 0. The molecule has 0 radical (unpaired) electrons. The van der Waals surface area contributed by atoms with Gasteiger partial charge in [-0.3, -0.25) is 0 Å². The van der Waals surface area contributed by atoms with Gasteiger partial charge in [-0.2, -0.15) is 0 Å². The van der Waals surface area contributed by atoms with Crippen LogP contribution in [-0.2, 0) is 9.26 Å². The first-order chi connectivity index (χ1) is 9.58. The summed E-state index contributed by atoms with van der Waals surface area (Å²) in [5.74, 6) is 2.96. The van der Waals surface area contributed by atoms with E-state index in [4.69, 9.17) is 32.4 Å². The van der Waals surface area contributed by atoms with Crippen LogP contribution < -0.4 is 0 Å². The molecular weight excluding hydrogens is 319 g/mol. The lowest BCUT2D eigenvalue weighted by atomic mass is 10.1. The number of benzene rings is 1. The van der Waals surface area contributed by atoms with Crippen LogP contribution in [0.1, 0.15) is 12.5 Å². The van der Waals surface area contributed by atoms with Crippen LogP contribution in [0.4, 0.5) is 0 Å². The van der Waals surface area contributed by atoms with Gasteiger partial charge in [0.05, 0.1) is 5.56 Å². The van der Waals surface area contributed by atoms with Gasteiger partial charge in [-0.25, -0.2) is 0 Å². The predicted molar refractivity (Wildman–Crippen MR) is 79.4 cm³/mol. The molecule has 1 aromatic heterocycles. The van der Waals surface area contributed by atoms with Crippen molar-refractivity contribution >= 4 is 35.0 Å². The summed E-state index contributed by atoms with van der Waals surface area (Å²) in [7, 11) is 0. The van der Waals surface area contributed by atoms with Crippen LogP contribution in [0, 0.1) is 12.0 Å². The van der Waals surface area contributed by atoms with Crippen molar-refractivity contribution in [3.63, 3.8) is 0 Å². The molecule has 0 aliphatic carbocycles. The van der Waals surface area contributed by atoms with E-state index in [9.17, 15) is 0 Å². The first-order valence-corrected chi connectivity index (χ1v) is 7.49. The summed E-state index contributed by atoms with van der Waals surface area (Å²) >= 11 is 13.8. The summed E-state index contributed by atoms with van der Waals surface area (Å²) in [5.41, 5.74) is 1.28. The average molecular weight is 329 g/mol. The second kappa shape index (κ2) is 6.40. The van der Waals surface area contributed by atoms with Crippen LogP contribution in [0.5, 0.6) is 0 Å². The molecule has 1 heterocycles. The zero-order chi connectivity index (χ0) is 14.6. The highest BCUT2D eigenvalue weighted by molar-refractivity contribution is 7.98. The Kier molecular flexibility index (Phi) is 4.81. The smallest absolute Gasteiger partial charge is 0.295 e. The van der Waals surface area contributed by atoms with Gasteiger partial charge >= 0.3 is 0 Å². The second-order valence-electron chi connectivity index (χ2n) is 3.63. The average Bonchev–Trinajstić information content (AvgIpc) is 2.98. The van der Waals surface area contributed by atoms with Gasteiger partial charge in [-0.15, -0.1) is 22.0 Å². The van der Waals surface area contributed by atoms with Crippen molar-refractivity contribution in [2.24, 2.45) is 0 Å². The normalized spacial score (nSPS) is 10.8. The Morgan fingerprint density at radius 3 is 2.80 bits per heavy atom. The molecule has 1 aromatic carbocycles. The summed E-state index contributed by atoms with van der Waals surface area (Å²) in [6.07, 6.45) is 5.61. The Morgan fingerprint density at radius 2 is 2.20 bits per heavy atom. The van der Waals surface area contributed by atoms with Crippen molar-refractivity contribution < 1.29 is 9.15 Å². The van der Waals surface area contributed by atoms with E-state index in [2.05, 4.69) is 22.2 Å². The third kappa shape index (κ3) is 3.21. The number of ether oxygens (including phenoxy) is 1. The van der Waals surface area contributed by atoms with Gasteiger partial charge in [0.15, 0.2) is 0 Å². The highest BCUT2D eigenvalue weighted by Gasteiger charge is 2.29. The Hall–Kier alpha value is -1.35. The maximum absolute atomic E-state index is 6.14. The fourth-order valence-corrected chi connectivity index (χ4v) is 2.40. The summed E-state index contributed by atoms with van der Waals surface area (Å²) in [5, 5.41) is 7.57. The molecule has 0 atom stereocenters. The quantitative estimate of drug-likeness (QED) is 0.481. The molecule has 0 saturated carbocycles. The van der Waals surface area contributed by atoms with Gasteiger partial charge in [0.2, 0.25) is 12.3 Å². The summed E-state index contributed by atoms with van der Waals surface area (Å²) in [4.78, 5) is 0.962. The number of rotatable bonds is 4. The molecule has 7 heteroatoms. The van der Waals surface area contributed by atoms with E-state index >= 15 is 0 Å². The molecule has 2 aromatic rings. The van der Waals surface area contributed by atoms with E-state index < -0.39 is 4.52 Å². The van der Waals surface area contributed by atoms with Crippen LogP contribution >= 0.6 is 35.0 Å². The van der Waals surface area contributed by atoms with Crippen molar-refractivity contribution in [2.45, 2.75) is 16.3 Å². The number of thioether (sulfide) groups is 1. The third-order valence-corrected chi connectivity index (χ3v) is 3.79. The topological polar surface area (TPSA) is 48.2 Å². The Morgan fingerprint density at radius 1 is 1.40 bits per heavy atom. The monoisotopic (exact) mass is 328 g/mol. The maximum atomic E-state index is 6.14. The molecule has 0 amide bonds. The lowest BCUT2D eigenvalue weighted by molar-refractivity contribution is 0.206. The van der Waals surface area contributed by atoms with E-state index in [1.54, 1.807) is 30.8 Å². The van der Waals surface area contributed by atoms with Crippen LogP contribution in [0.25, 0.3) is 11.5 Å². The Labute approximate surface area is 130 Å². The molecule has 0 fully saturated rings. The van der Waals surface area contributed by atoms with Gasteiger partial charge in [0.1, 0.15) is 6.11 Å². The predicted octanol–water partition coefficient (Wildman–Crippen LogP) is 4.04. The standard InChI is InChI=1S/C13H10Cl2N2O2S/c1-3-6-19-13(14,15)9-4-5-11(20-2)10(7-9)12-17-16-8-18-12/h4-5,7-8H,1-2H3. The maximum Gasteiger partial charge on any atom is 0.295 e. The number of halogens is 2. The van der Waals surface area contributed by atoms with Crippen molar-refractivity contribution in [3.05, 3.63) is 30.2 Å². The molecular formula is C13H10Cl2N2O2S. The lowest BCUT2D eigenvalue weighted by Crippen LogP contribution is -2.12. The van der Waals surface area contributed by atoms with E-state index in [-0.39, 0.29) is 0 Å². The van der Waals surface area contributed by atoms with Crippen LogP contribution in [0.2, 0.25) is 0 Å². The molecule has 0 unspecified atom stereocenters.